The van der Waals surface area contributed by atoms with Crippen LogP contribution in [0.4, 0.5) is 0 Å². The highest BCUT2D eigenvalue weighted by Crippen LogP contribution is 2.24. The lowest BCUT2D eigenvalue weighted by Crippen LogP contribution is -2.26. The Labute approximate surface area is 141 Å². The molecule has 0 amide bonds. The zero-order valence-corrected chi connectivity index (χ0v) is 14.7. The van der Waals surface area contributed by atoms with Crippen LogP contribution in [-0.2, 0) is 16.1 Å². The number of esters is 1. The van der Waals surface area contributed by atoms with Gasteiger partial charge in [0.05, 0.1) is 11.0 Å². The largest absolute Gasteiger partial charge is 0.459 e. The number of nitrogens with zero attached hydrogens (tertiary/aromatic N) is 2. The van der Waals surface area contributed by atoms with Gasteiger partial charge in [0.15, 0.2) is 5.16 Å². The van der Waals surface area contributed by atoms with E-state index in [0.29, 0.717) is 6.54 Å². The van der Waals surface area contributed by atoms with Crippen LogP contribution in [0.5, 0.6) is 0 Å². The molecule has 7 heteroatoms. The fourth-order valence-electron chi connectivity index (χ4n) is 1.97. The van der Waals surface area contributed by atoms with Gasteiger partial charge in [-0.3, -0.25) is 4.79 Å². The molecule has 0 aliphatic carbocycles. The number of para-hydroxylation sites is 2. The molecule has 0 unspecified atom stereocenters. The van der Waals surface area contributed by atoms with Crippen LogP contribution < -0.4 is 5.73 Å². The molecule has 1 aromatic carbocycles. The second kappa shape index (κ2) is 7.85. The van der Waals surface area contributed by atoms with Crippen LogP contribution in [0.2, 0.25) is 0 Å². The Morgan fingerprint density at radius 1 is 1.36 bits per heavy atom. The minimum absolute atomic E-state index is 0. The average Bonchev–Trinajstić information content (AvgIpc) is 2.72. The van der Waals surface area contributed by atoms with Gasteiger partial charge in [0.1, 0.15) is 12.1 Å². The molecule has 0 bridgehead atoms. The fraction of sp³-hybridized carbons (Fsp3) is 0.467. The number of fused-ring (bicyclic) bond motifs is 1. The number of halogens is 1. The van der Waals surface area contributed by atoms with E-state index in [1.165, 1.54) is 0 Å². The number of imidazole rings is 1. The molecule has 5 nitrogen and oxygen atoms in total. The van der Waals surface area contributed by atoms with Crippen LogP contribution in [0.3, 0.4) is 0 Å². The Kier molecular flexibility index (Phi) is 6.71. The van der Waals surface area contributed by atoms with E-state index in [1.54, 1.807) is 11.8 Å². The fourth-order valence-corrected chi connectivity index (χ4v) is 2.75. The third kappa shape index (κ3) is 4.90. The van der Waals surface area contributed by atoms with Crippen molar-refractivity contribution in [1.29, 1.82) is 0 Å². The van der Waals surface area contributed by atoms with Crippen molar-refractivity contribution in [2.45, 2.75) is 38.1 Å². The molecule has 2 rings (SSSR count). The topological polar surface area (TPSA) is 70.1 Å². The molecule has 22 heavy (non-hydrogen) atoms. The number of nitrogens with two attached hydrogens (primary N) is 1. The molecule has 1 aromatic heterocycles. The number of benzene rings is 1. The van der Waals surface area contributed by atoms with Crippen molar-refractivity contribution in [2.75, 3.05) is 12.3 Å². The lowest BCUT2D eigenvalue weighted by molar-refractivity contribution is -0.155. The van der Waals surface area contributed by atoms with Crippen molar-refractivity contribution in [3.05, 3.63) is 24.3 Å². The predicted molar refractivity (Wildman–Crippen MR) is 92.6 cm³/mol. The molecule has 0 spiro atoms. The maximum absolute atomic E-state index is 12.1. The van der Waals surface area contributed by atoms with E-state index in [-0.39, 0.29) is 24.9 Å². The van der Waals surface area contributed by atoms with E-state index < -0.39 is 5.60 Å². The zero-order valence-electron chi connectivity index (χ0n) is 13.0. The van der Waals surface area contributed by atoms with E-state index in [0.717, 1.165) is 21.9 Å². The third-order valence-corrected chi connectivity index (χ3v) is 3.69. The monoisotopic (exact) mass is 343 g/mol. The van der Waals surface area contributed by atoms with E-state index in [4.69, 9.17) is 10.5 Å². The molecule has 1 heterocycles. The molecule has 0 aliphatic rings. The zero-order chi connectivity index (χ0) is 15.5. The van der Waals surface area contributed by atoms with Crippen molar-refractivity contribution in [2.24, 2.45) is 5.73 Å². The predicted octanol–water partition coefficient (Wildman–Crippen LogP) is 2.85. The highest BCUT2D eigenvalue weighted by atomic mass is 35.5. The van der Waals surface area contributed by atoms with E-state index in [1.807, 2.05) is 49.6 Å². The summed E-state index contributed by atoms with van der Waals surface area (Å²) < 4.78 is 7.29. The lowest BCUT2D eigenvalue weighted by atomic mass is 10.2. The van der Waals surface area contributed by atoms with E-state index in [2.05, 4.69) is 4.98 Å². The minimum Gasteiger partial charge on any atom is -0.459 e. The number of hydrogen-bond acceptors (Lipinski definition) is 5. The third-order valence-electron chi connectivity index (χ3n) is 2.68. The summed E-state index contributed by atoms with van der Waals surface area (Å²) in [5.41, 5.74) is 6.88. The first-order chi connectivity index (χ1) is 9.90. The molecule has 0 fully saturated rings. The summed E-state index contributed by atoms with van der Waals surface area (Å²) in [5.74, 6) is 0.498. The maximum atomic E-state index is 12.1. The van der Waals surface area contributed by atoms with Gasteiger partial charge >= 0.3 is 5.97 Å². The van der Waals surface area contributed by atoms with Gasteiger partial charge in [-0.25, -0.2) is 4.98 Å². The molecule has 0 saturated heterocycles. The second-order valence-corrected chi connectivity index (χ2v) is 6.75. The normalized spacial score (nSPS) is 11.3. The maximum Gasteiger partial charge on any atom is 0.326 e. The van der Waals surface area contributed by atoms with Gasteiger partial charge < -0.3 is 15.0 Å². The number of thioether (sulfide) groups is 1. The Balaban J connectivity index is 0.00000242. The standard InChI is InChI=1S/C15H21N3O2S.ClH/c1-15(2,3)20-13(19)10-18-12-7-5-4-6-11(12)17-14(18)21-9-8-16;/h4-7H,8-10,16H2,1-3H3;1H. The number of aromatic nitrogens is 2. The average molecular weight is 344 g/mol. The summed E-state index contributed by atoms with van der Waals surface area (Å²) in [5, 5.41) is 0.799. The van der Waals surface area contributed by atoms with Gasteiger partial charge in [0.2, 0.25) is 0 Å². The first-order valence-electron chi connectivity index (χ1n) is 6.90. The van der Waals surface area contributed by atoms with Crippen molar-refractivity contribution >= 4 is 41.2 Å². The summed E-state index contributed by atoms with van der Waals surface area (Å²) in [4.78, 5) is 16.7. The van der Waals surface area contributed by atoms with Crippen molar-refractivity contribution in [3.8, 4) is 0 Å². The van der Waals surface area contributed by atoms with Gasteiger partial charge in [-0.2, -0.15) is 0 Å². The quantitative estimate of drug-likeness (QED) is 0.667. The number of carbonyl (C=O) groups is 1. The van der Waals surface area contributed by atoms with Crippen LogP contribution in [0.1, 0.15) is 20.8 Å². The van der Waals surface area contributed by atoms with Crippen molar-refractivity contribution < 1.29 is 9.53 Å². The van der Waals surface area contributed by atoms with Gasteiger partial charge in [0, 0.05) is 12.3 Å². The van der Waals surface area contributed by atoms with Crippen molar-refractivity contribution in [3.63, 3.8) is 0 Å². The molecular formula is C15H22ClN3O2S. The van der Waals surface area contributed by atoms with Gasteiger partial charge in [-0.15, -0.1) is 12.4 Å². The van der Waals surface area contributed by atoms with E-state index >= 15 is 0 Å². The second-order valence-electron chi connectivity index (χ2n) is 5.69. The first kappa shape index (κ1) is 18.8. The molecule has 2 N–H and O–H groups in total. The van der Waals surface area contributed by atoms with Crippen LogP contribution in [0.25, 0.3) is 11.0 Å². The lowest BCUT2D eigenvalue weighted by Gasteiger charge is -2.20. The van der Waals surface area contributed by atoms with Gasteiger partial charge in [0.25, 0.3) is 0 Å². The number of hydrogen-bond donors (Lipinski definition) is 1. The van der Waals surface area contributed by atoms with E-state index in [9.17, 15) is 4.79 Å². The summed E-state index contributed by atoms with van der Waals surface area (Å²) in [6, 6.07) is 7.77. The minimum atomic E-state index is -0.488. The molecular weight excluding hydrogens is 322 g/mol. The Morgan fingerprint density at radius 2 is 2.05 bits per heavy atom. The number of rotatable bonds is 5. The van der Waals surface area contributed by atoms with Gasteiger partial charge in [-0.1, -0.05) is 23.9 Å². The first-order valence-corrected chi connectivity index (χ1v) is 7.89. The molecule has 0 aliphatic heterocycles. The molecule has 122 valence electrons. The molecule has 2 aromatic rings. The summed E-state index contributed by atoms with van der Waals surface area (Å²) in [7, 11) is 0. The van der Waals surface area contributed by atoms with Crippen LogP contribution in [-0.4, -0.2) is 33.4 Å². The summed E-state index contributed by atoms with van der Waals surface area (Å²) >= 11 is 1.55. The van der Waals surface area contributed by atoms with Crippen LogP contribution in [0, 0.1) is 0 Å². The van der Waals surface area contributed by atoms with Gasteiger partial charge in [-0.05, 0) is 32.9 Å². The van der Waals surface area contributed by atoms with Crippen LogP contribution in [0.15, 0.2) is 29.4 Å². The Morgan fingerprint density at radius 3 is 2.68 bits per heavy atom. The Hall–Kier alpha value is -1.24. The smallest absolute Gasteiger partial charge is 0.326 e. The van der Waals surface area contributed by atoms with Crippen LogP contribution >= 0.6 is 24.2 Å². The molecule has 0 atom stereocenters. The summed E-state index contributed by atoms with van der Waals surface area (Å²) in [6.45, 7) is 6.31. The summed E-state index contributed by atoms with van der Waals surface area (Å²) in [6.07, 6.45) is 0. The SMILES string of the molecule is CC(C)(C)OC(=O)Cn1c(SCCN)nc2ccccc21.Cl. The molecule has 0 radical (unpaired) electrons. The highest BCUT2D eigenvalue weighted by Gasteiger charge is 2.19. The number of ether oxygens (including phenoxy) is 1. The van der Waals surface area contributed by atoms with Crippen molar-refractivity contribution in [1.82, 2.24) is 9.55 Å². The highest BCUT2D eigenvalue weighted by molar-refractivity contribution is 7.99. The Bertz CT molecular complexity index is 637. The molecule has 0 saturated carbocycles. The number of carbonyl (C=O) groups excluding carboxylic acids is 1.